The lowest BCUT2D eigenvalue weighted by Gasteiger charge is -1.98. The molecule has 0 fully saturated rings. The lowest BCUT2D eigenvalue weighted by atomic mass is 10.2. The third kappa shape index (κ3) is 1.98. The maximum atomic E-state index is 5.95. The standard InChI is InChI=1S/C13H8BrClN2O/c14-9-5-7(1-3-10(9)15)13-17-11-6-8(16)2-4-12(11)18-13/h1-6H,16H2. The molecule has 0 saturated heterocycles. The van der Waals surface area contributed by atoms with E-state index in [1.165, 1.54) is 0 Å². The first-order chi connectivity index (χ1) is 8.63. The molecule has 0 spiro atoms. The summed E-state index contributed by atoms with van der Waals surface area (Å²) in [5.74, 6) is 0.549. The van der Waals surface area contributed by atoms with Gasteiger partial charge in [-0.1, -0.05) is 11.6 Å². The Balaban J connectivity index is 2.16. The van der Waals surface area contributed by atoms with Crippen molar-refractivity contribution in [2.24, 2.45) is 0 Å². The van der Waals surface area contributed by atoms with Gasteiger partial charge in [0.25, 0.3) is 0 Å². The normalized spacial score (nSPS) is 11.0. The van der Waals surface area contributed by atoms with E-state index in [1.54, 1.807) is 18.2 Å². The molecule has 3 nitrogen and oxygen atoms in total. The zero-order chi connectivity index (χ0) is 12.7. The van der Waals surface area contributed by atoms with Gasteiger partial charge in [0, 0.05) is 15.7 Å². The molecule has 0 amide bonds. The summed E-state index contributed by atoms with van der Waals surface area (Å²) in [6.07, 6.45) is 0. The third-order valence-corrected chi connectivity index (χ3v) is 3.79. The van der Waals surface area contributed by atoms with Crippen molar-refractivity contribution in [2.75, 3.05) is 5.73 Å². The second-order valence-corrected chi connectivity index (χ2v) is 5.14. The molecule has 3 rings (SSSR count). The Bertz CT molecular complexity index is 739. The molecule has 2 N–H and O–H groups in total. The molecular formula is C13H8BrClN2O. The Morgan fingerprint density at radius 3 is 2.78 bits per heavy atom. The van der Waals surface area contributed by atoms with Crippen LogP contribution >= 0.6 is 27.5 Å². The fraction of sp³-hybridized carbons (Fsp3) is 0. The second-order valence-electron chi connectivity index (χ2n) is 3.88. The lowest BCUT2D eigenvalue weighted by Crippen LogP contribution is -1.82. The summed E-state index contributed by atoms with van der Waals surface area (Å²) in [7, 11) is 0. The largest absolute Gasteiger partial charge is 0.436 e. The van der Waals surface area contributed by atoms with Crippen LogP contribution in [0.3, 0.4) is 0 Å². The van der Waals surface area contributed by atoms with E-state index in [1.807, 2.05) is 18.2 Å². The first kappa shape index (κ1) is 11.6. The van der Waals surface area contributed by atoms with Crippen molar-refractivity contribution in [1.82, 2.24) is 4.98 Å². The topological polar surface area (TPSA) is 52.0 Å². The van der Waals surface area contributed by atoms with E-state index in [2.05, 4.69) is 20.9 Å². The third-order valence-electron chi connectivity index (χ3n) is 2.58. The van der Waals surface area contributed by atoms with Gasteiger partial charge in [0.15, 0.2) is 5.58 Å². The summed E-state index contributed by atoms with van der Waals surface area (Å²) < 4.78 is 6.48. The minimum atomic E-state index is 0.549. The number of hydrogen-bond acceptors (Lipinski definition) is 3. The maximum absolute atomic E-state index is 5.95. The van der Waals surface area contributed by atoms with Crippen LogP contribution in [0.5, 0.6) is 0 Å². The zero-order valence-corrected chi connectivity index (χ0v) is 11.5. The van der Waals surface area contributed by atoms with Crippen molar-refractivity contribution in [3.05, 3.63) is 45.9 Å². The molecule has 0 bridgehead atoms. The summed E-state index contributed by atoms with van der Waals surface area (Å²) in [6.45, 7) is 0. The highest BCUT2D eigenvalue weighted by Crippen LogP contribution is 2.30. The van der Waals surface area contributed by atoms with E-state index >= 15 is 0 Å². The molecule has 0 unspecified atom stereocenters. The number of nitrogens with zero attached hydrogens (tertiary/aromatic N) is 1. The number of anilines is 1. The minimum Gasteiger partial charge on any atom is -0.436 e. The molecule has 0 aliphatic heterocycles. The van der Waals surface area contributed by atoms with Crippen LogP contribution < -0.4 is 5.73 Å². The summed E-state index contributed by atoms with van der Waals surface area (Å²) >= 11 is 9.33. The number of fused-ring (bicyclic) bond motifs is 1. The quantitative estimate of drug-likeness (QED) is 0.671. The van der Waals surface area contributed by atoms with Gasteiger partial charge in [0.05, 0.1) is 5.02 Å². The van der Waals surface area contributed by atoms with E-state index in [4.69, 9.17) is 21.8 Å². The van der Waals surface area contributed by atoms with Crippen LogP contribution in [-0.2, 0) is 0 Å². The molecule has 1 heterocycles. The average Bonchev–Trinajstić information content (AvgIpc) is 2.75. The SMILES string of the molecule is Nc1ccc2oc(-c3ccc(Cl)c(Br)c3)nc2c1. The van der Waals surface area contributed by atoms with Gasteiger partial charge < -0.3 is 10.2 Å². The van der Waals surface area contributed by atoms with Crippen LogP contribution in [0.1, 0.15) is 0 Å². The van der Waals surface area contributed by atoms with Crippen LogP contribution in [0.25, 0.3) is 22.6 Å². The first-order valence-corrected chi connectivity index (χ1v) is 6.42. The molecule has 0 aliphatic rings. The number of nitrogens with two attached hydrogens (primary N) is 1. The number of rotatable bonds is 1. The molecule has 1 aromatic heterocycles. The van der Waals surface area contributed by atoms with E-state index in [-0.39, 0.29) is 0 Å². The highest BCUT2D eigenvalue weighted by atomic mass is 79.9. The summed E-state index contributed by atoms with van der Waals surface area (Å²) in [5, 5.41) is 0.652. The molecule has 0 saturated carbocycles. The van der Waals surface area contributed by atoms with Crippen molar-refractivity contribution >= 4 is 44.3 Å². The van der Waals surface area contributed by atoms with Crippen molar-refractivity contribution in [2.45, 2.75) is 0 Å². The van der Waals surface area contributed by atoms with Gasteiger partial charge >= 0.3 is 0 Å². The Morgan fingerprint density at radius 1 is 1.17 bits per heavy atom. The fourth-order valence-corrected chi connectivity index (χ4v) is 2.19. The van der Waals surface area contributed by atoms with Crippen LogP contribution in [0.2, 0.25) is 5.02 Å². The van der Waals surface area contributed by atoms with E-state index < -0.39 is 0 Å². The van der Waals surface area contributed by atoms with Crippen molar-refractivity contribution in [1.29, 1.82) is 0 Å². The van der Waals surface area contributed by atoms with Crippen LogP contribution in [0, 0.1) is 0 Å². The molecule has 0 aliphatic carbocycles. The number of benzene rings is 2. The molecule has 90 valence electrons. The van der Waals surface area contributed by atoms with Crippen LogP contribution in [-0.4, -0.2) is 4.98 Å². The fourth-order valence-electron chi connectivity index (χ4n) is 1.70. The monoisotopic (exact) mass is 322 g/mol. The molecule has 2 aromatic carbocycles. The highest BCUT2D eigenvalue weighted by molar-refractivity contribution is 9.10. The molecular weight excluding hydrogens is 316 g/mol. The lowest BCUT2D eigenvalue weighted by molar-refractivity contribution is 0.620. The van der Waals surface area contributed by atoms with Gasteiger partial charge in [0.2, 0.25) is 5.89 Å². The number of aromatic nitrogens is 1. The van der Waals surface area contributed by atoms with Gasteiger partial charge in [-0.2, -0.15) is 0 Å². The van der Waals surface area contributed by atoms with Crippen molar-refractivity contribution in [3.63, 3.8) is 0 Å². The van der Waals surface area contributed by atoms with Gasteiger partial charge in [-0.05, 0) is 52.3 Å². The average molecular weight is 324 g/mol. The minimum absolute atomic E-state index is 0.549. The number of halogens is 2. The van der Waals surface area contributed by atoms with Gasteiger partial charge in [0.1, 0.15) is 5.52 Å². The van der Waals surface area contributed by atoms with Gasteiger partial charge in [-0.3, -0.25) is 0 Å². The molecule has 18 heavy (non-hydrogen) atoms. The van der Waals surface area contributed by atoms with Crippen molar-refractivity contribution in [3.8, 4) is 11.5 Å². The highest BCUT2D eigenvalue weighted by Gasteiger charge is 2.09. The molecule has 0 radical (unpaired) electrons. The summed E-state index contributed by atoms with van der Waals surface area (Å²) in [4.78, 5) is 4.40. The maximum Gasteiger partial charge on any atom is 0.227 e. The number of hydrogen-bond donors (Lipinski definition) is 1. The van der Waals surface area contributed by atoms with Gasteiger partial charge in [-0.15, -0.1) is 0 Å². The Hall–Kier alpha value is -1.52. The Kier molecular flexibility index (Phi) is 2.76. The zero-order valence-electron chi connectivity index (χ0n) is 9.15. The number of nitrogen functional groups attached to an aromatic ring is 1. The smallest absolute Gasteiger partial charge is 0.227 e. The number of oxazole rings is 1. The Morgan fingerprint density at radius 2 is 2.00 bits per heavy atom. The van der Waals surface area contributed by atoms with E-state index in [0.29, 0.717) is 22.2 Å². The Labute approximate surface area is 117 Å². The summed E-state index contributed by atoms with van der Waals surface area (Å²) in [6, 6.07) is 10.9. The van der Waals surface area contributed by atoms with Gasteiger partial charge in [-0.25, -0.2) is 4.98 Å². The molecule has 0 atom stereocenters. The predicted octanol–water partition coefficient (Wildman–Crippen LogP) is 4.49. The summed E-state index contributed by atoms with van der Waals surface area (Å²) in [5.41, 5.74) is 8.70. The van der Waals surface area contributed by atoms with Crippen molar-refractivity contribution < 1.29 is 4.42 Å². The first-order valence-electron chi connectivity index (χ1n) is 5.25. The molecule has 3 aromatic rings. The predicted molar refractivity (Wildman–Crippen MR) is 76.6 cm³/mol. The van der Waals surface area contributed by atoms with E-state index in [0.717, 1.165) is 15.6 Å². The molecule has 5 heteroatoms. The van der Waals surface area contributed by atoms with E-state index in [9.17, 15) is 0 Å². The second kappa shape index (κ2) is 4.30. The van der Waals surface area contributed by atoms with Crippen LogP contribution in [0.15, 0.2) is 45.3 Å². The van der Waals surface area contributed by atoms with Crippen LogP contribution in [0.4, 0.5) is 5.69 Å².